The topological polar surface area (TPSA) is 131 Å². The van der Waals surface area contributed by atoms with Crippen molar-refractivity contribution in [2.24, 2.45) is 5.73 Å². The van der Waals surface area contributed by atoms with Crippen molar-refractivity contribution in [3.8, 4) is 0 Å². The molecule has 0 aliphatic carbocycles. The number of nitrogens with one attached hydrogen (secondary N) is 1. The van der Waals surface area contributed by atoms with Crippen LogP contribution in [-0.2, 0) is 18.4 Å². The molecule has 8 nitrogen and oxygen atoms in total. The lowest BCUT2D eigenvalue weighted by molar-refractivity contribution is -0.123. The minimum absolute atomic E-state index is 0.0722. The van der Waals surface area contributed by atoms with E-state index in [2.05, 4.69) is 55.6 Å². The Morgan fingerprint density at radius 1 is 0.600 bits per heavy atom. The molecule has 0 aromatic rings. The zero-order valence-electron chi connectivity index (χ0n) is 35.7. The molecule has 0 aromatic carbocycles. The lowest BCUT2D eigenvalue weighted by Gasteiger charge is -2.23. The van der Waals surface area contributed by atoms with Crippen LogP contribution in [0.4, 0.5) is 0 Å². The number of carbonyl (C=O) groups is 1. The van der Waals surface area contributed by atoms with Crippen molar-refractivity contribution < 1.29 is 28.4 Å². The molecule has 0 fully saturated rings. The zero-order valence-corrected chi connectivity index (χ0v) is 36.6. The Hall–Kier alpha value is -1.54. The summed E-state index contributed by atoms with van der Waals surface area (Å²) in [6, 6.07) is -0.880. The second-order valence-electron chi connectivity index (χ2n) is 15.2. The molecule has 0 aromatic heterocycles. The summed E-state index contributed by atoms with van der Waals surface area (Å²) in [6.07, 6.45) is 51.6. The normalized spacial score (nSPS) is 14.5. The van der Waals surface area contributed by atoms with E-state index in [1.807, 2.05) is 6.08 Å². The molecule has 1 amide bonds. The van der Waals surface area contributed by atoms with Crippen molar-refractivity contribution in [3.05, 3.63) is 48.6 Å². The molecule has 5 N–H and O–H groups in total. The molecule has 322 valence electrons. The largest absolute Gasteiger partial charge is 0.472 e. The number of rotatable bonds is 42. The van der Waals surface area contributed by atoms with Crippen molar-refractivity contribution in [2.45, 2.75) is 219 Å². The van der Waals surface area contributed by atoms with Gasteiger partial charge in [-0.2, -0.15) is 0 Å². The average Bonchev–Trinajstić information content (AvgIpc) is 3.17. The van der Waals surface area contributed by atoms with Crippen LogP contribution in [0.5, 0.6) is 0 Å². The van der Waals surface area contributed by atoms with Crippen LogP contribution in [0.3, 0.4) is 0 Å². The molecule has 3 atom stereocenters. The van der Waals surface area contributed by atoms with Crippen LogP contribution in [0.25, 0.3) is 0 Å². The minimum atomic E-state index is -4.35. The number of phosphoric acid groups is 1. The fraction of sp³-hybridized carbons (Fsp3) is 0.804. The van der Waals surface area contributed by atoms with Crippen LogP contribution < -0.4 is 11.1 Å². The lowest BCUT2D eigenvalue weighted by atomic mass is 10.0. The van der Waals surface area contributed by atoms with Gasteiger partial charge in [-0.15, -0.1) is 0 Å². The van der Waals surface area contributed by atoms with Crippen LogP contribution in [0.15, 0.2) is 48.6 Å². The van der Waals surface area contributed by atoms with Crippen molar-refractivity contribution >= 4 is 13.7 Å². The van der Waals surface area contributed by atoms with Gasteiger partial charge < -0.3 is 21.1 Å². The highest BCUT2D eigenvalue weighted by molar-refractivity contribution is 7.47. The van der Waals surface area contributed by atoms with E-state index in [9.17, 15) is 19.4 Å². The van der Waals surface area contributed by atoms with Gasteiger partial charge in [0, 0.05) is 13.0 Å². The Morgan fingerprint density at radius 2 is 1.02 bits per heavy atom. The van der Waals surface area contributed by atoms with Crippen LogP contribution in [0.2, 0.25) is 0 Å². The Balaban J connectivity index is 4.24. The maximum Gasteiger partial charge on any atom is 0.472 e. The summed E-state index contributed by atoms with van der Waals surface area (Å²) in [7, 11) is -4.35. The molecule has 55 heavy (non-hydrogen) atoms. The van der Waals surface area contributed by atoms with Gasteiger partial charge in [0.1, 0.15) is 0 Å². The van der Waals surface area contributed by atoms with E-state index in [4.69, 9.17) is 14.8 Å². The lowest BCUT2D eigenvalue weighted by Crippen LogP contribution is -2.45. The predicted octanol–water partition coefficient (Wildman–Crippen LogP) is 12.9. The highest BCUT2D eigenvalue weighted by Gasteiger charge is 2.26. The predicted molar refractivity (Wildman–Crippen MR) is 235 cm³/mol. The average molecular weight is 795 g/mol. The van der Waals surface area contributed by atoms with Crippen molar-refractivity contribution in [3.63, 3.8) is 0 Å². The van der Waals surface area contributed by atoms with E-state index in [-0.39, 0.29) is 25.7 Å². The molecule has 9 heteroatoms. The Bertz CT molecular complexity index is 1000. The first kappa shape index (κ1) is 53.5. The summed E-state index contributed by atoms with van der Waals surface area (Å²) >= 11 is 0. The van der Waals surface area contributed by atoms with E-state index in [1.54, 1.807) is 6.08 Å². The second-order valence-corrected chi connectivity index (χ2v) is 16.7. The first-order valence-electron chi connectivity index (χ1n) is 22.8. The van der Waals surface area contributed by atoms with Crippen LogP contribution in [0, 0.1) is 0 Å². The van der Waals surface area contributed by atoms with Gasteiger partial charge in [0.15, 0.2) is 0 Å². The van der Waals surface area contributed by atoms with E-state index in [0.717, 1.165) is 44.9 Å². The SMILES string of the molecule is CCCCC/C=C\C/C=C\CCCCCCCCCCCC(=O)NC(COP(=O)(O)OCCN)C(O)/C=C/CC/C=C/CCCCCCCCCCCCC. The van der Waals surface area contributed by atoms with Gasteiger partial charge in [0.25, 0.3) is 0 Å². The number of phosphoric ester groups is 1. The molecule has 3 unspecified atom stereocenters. The molecular weight excluding hydrogens is 707 g/mol. The van der Waals surface area contributed by atoms with Gasteiger partial charge >= 0.3 is 7.82 Å². The van der Waals surface area contributed by atoms with Gasteiger partial charge in [-0.05, 0) is 64.2 Å². The third-order valence-corrected chi connectivity index (χ3v) is 10.9. The Kier molecular flexibility index (Phi) is 40.9. The number of nitrogens with two attached hydrogens (primary N) is 1. The van der Waals surface area contributed by atoms with E-state index in [1.165, 1.54) is 141 Å². The maximum absolute atomic E-state index is 12.8. The van der Waals surface area contributed by atoms with Crippen molar-refractivity contribution in [1.29, 1.82) is 0 Å². The summed E-state index contributed by atoms with van der Waals surface area (Å²) < 4.78 is 22.1. The Labute approximate surface area is 339 Å². The highest BCUT2D eigenvalue weighted by Crippen LogP contribution is 2.43. The van der Waals surface area contributed by atoms with Crippen LogP contribution in [0.1, 0.15) is 206 Å². The highest BCUT2D eigenvalue weighted by atomic mass is 31.2. The first-order valence-corrected chi connectivity index (χ1v) is 24.3. The summed E-state index contributed by atoms with van der Waals surface area (Å²) in [5, 5.41) is 13.7. The number of hydrogen-bond donors (Lipinski definition) is 4. The number of aliphatic hydroxyl groups excluding tert-OH is 1. The second kappa shape index (κ2) is 42.1. The minimum Gasteiger partial charge on any atom is -0.387 e. The van der Waals surface area contributed by atoms with Gasteiger partial charge in [0.2, 0.25) is 5.91 Å². The third-order valence-electron chi connectivity index (χ3n) is 9.88. The van der Waals surface area contributed by atoms with E-state index in [0.29, 0.717) is 6.42 Å². The third kappa shape index (κ3) is 40.5. The number of aliphatic hydroxyl groups is 1. The quantitative estimate of drug-likeness (QED) is 0.0275. The first-order chi connectivity index (χ1) is 26.9. The van der Waals surface area contributed by atoms with Gasteiger partial charge in [-0.25, -0.2) is 4.57 Å². The maximum atomic E-state index is 12.8. The number of carbonyl (C=O) groups excluding carboxylic acids is 1. The summed E-state index contributed by atoms with van der Waals surface area (Å²) in [5.74, 6) is -0.209. The summed E-state index contributed by atoms with van der Waals surface area (Å²) in [6.45, 7) is 4.09. The Morgan fingerprint density at radius 3 is 1.55 bits per heavy atom. The monoisotopic (exact) mass is 795 g/mol. The van der Waals surface area contributed by atoms with Gasteiger partial charge in [-0.1, -0.05) is 184 Å². The molecule has 0 bridgehead atoms. The van der Waals surface area contributed by atoms with Crippen molar-refractivity contribution in [2.75, 3.05) is 19.8 Å². The summed E-state index contributed by atoms with van der Waals surface area (Å²) in [4.78, 5) is 22.7. The fourth-order valence-electron chi connectivity index (χ4n) is 6.41. The van der Waals surface area contributed by atoms with E-state index < -0.39 is 20.0 Å². The van der Waals surface area contributed by atoms with Crippen molar-refractivity contribution in [1.82, 2.24) is 5.32 Å². The zero-order chi connectivity index (χ0) is 40.3. The number of hydrogen-bond acceptors (Lipinski definition) is 6. The molecule has 0 saturated carbocycles. The smallest absolute Gasteiger partial charge is 0.387 e. The van der Waals surface area contributed by atoms with E-state index >= 15 is 0 Å². The molecule has 0 rings (SSSR count). The molecule has 0 saturated heterocycles. The summed E-state index contributed by atoms with van der Waals surface area (Å²) in [5.41, 5.74) is 5.37. The molecule has 0 aliphatic heterocycles. The van der Waals surface area contributed by atoms with Gasteiger partial charge in [-0.3, -0.25) is 13.8 Å². The fourth-order valence-corrected chi connectivity index (χ4v) is 7.17. The van der Waals surface area contributed by atoms with Crippen LogP contribution in [-0.4, -0.2) is 47.8 Å². The standard InChI is InChI=1S/C46H87N2O6P/c1-3-5-7-9-11-13-15-17-19-21-22-24-26-28-30-32-34-36-38-40-46(50)48-44(43-54-55(51,52)53-42-41-47)45(49)39-37-35-33-31-29-27-25-23-20-18-16-14-12-10-8-6-4-2/h11,13,17,19,29,31,37,39,44-45,49H,3-10,12,14-16,18,20-28,30,32-36,38,40-43,47H2,1-2H3,(H,48,50)(H,51,52)/b13-11-,19-17-,31-29+,39-37+. The molecule has 0 spiro atoms. The molecular formula is C46H87N2O6P. The van der Waals surface area contributed by atoms with Gasteiger partial charge in [0.05, 0.1) is 25.4 Å². The molecule has 0 heterocycles. The molecule has 0 radical (unpaired) electrons. The number of amides is 1. The van der Waals surface area contributed by atoms with Crippen LogP contribution >= 0.6 is 7.82 Å². The number of allylic oxidation sites excluding steroid dienone is 7. The number of unbranched alkanes of at least 4 members (excludes halogenated alkanes) is 24. The molecule has 0 aliphatic rings.